The van der Waals surface area contributed by atoms with Crippen molar-refractivity contribution < 1.29 is 10.2 Å². The average molecular weight is 361 g/mol. The molecule has 0 aliphatic heterocycles. The van der Waals surface area contributed by atoms with Crippen LogP contribution in [-0.4, -0.2) is 5.11 Å². The molecule has 1 aromatic carbocycles. The highest BCUT2D eigenvalue weighted by Gasteiger charge is 2.04. The molecule has 4 heteroatoms. The van der Waals surface area contributed by atoms with Crippen LogP contribution < -0.4 is 0 Å². The highest BCUT2D eigenvalue weighted by Crippen LogP contribution is 2.29. The lowest BCUT2D eigenvalue weighted by molar-refractivity contribution is 0.352. The molecule has 0 atom stereocenters. The van der Waals surface area contributed by atoms with Crippen LogP contribution in [0.1, 0.15) is 0 Å². The molecule has 0 unspecified atom stereocenters. The molecule has 1 rings (SSSR count). The van der Waals surface area contributed by atoms with Crippen LogP contribution in [0.15, 0.2) is 12.1 Å². The number of phenolic OH excluding ortho intramolecular Hbond substituents is 1. The summed E-state index contributed by atoms with van der Waals surface area (Å²) in [6, 6.07) is 2.80. The molecule has 1 aromatic rings. The van der Waals surface area contributed by atoms with Gasteiger partial charge in [0.1, 0.15) is 5.75 Å². The first-order valence-corrected chi connectivity index (χ1v) is 4.62. The van der Waals surface area contributed by atoms with Gasteiger partial charge in [0.2, 0.25) is 0 Å². The van der Waals surface area contributed by atoms with Crippen LogP contribution >= 0.6 is 45.2 Å². The first-order valence-electron chi connectivity index (χ1n) is 2.46. The fourth-order valence-corrected chi connectivity index (χ4v) is 2.25. The number of halogens is 2. The van der Waals surface area contributed by atoms with E-state index in [-0.39, 0.29) is 11.5 Å². The highest BCUT2D eigenvalue weighted by atomic mass is 127. The van der Waals surface area contributed by atoms with Crippen LogP contribution in [0, 0.1) is 7.14 Å². The minimum absolute atomic E-state index is 0.0633. The third-order valence-electron chi connectivity index (χ3n) is 0.990. The van der Waals surface area contributed by atoms with Crippen molar-refractivity contribution in [1.82, 2.24) is 0 Å². The van der Waals surface area contributed by atoms with E-state index in [9.17, 15) is 10.2 Å². The zero-order valence-electron chi connectivity index (χ0n) is 4.77. The number of aromatic hydroxyl groups is 1. The van der Waals surface area contributed by atoms with Crippen molar-refractivity contribution in [1.29, 1.82) is 0 Å². The summed E-state index contributed by atoms with van der Waals surface area (Å²) >= 11 is 3.84. The molecule has 1 radical (unpaired) electrons. The second-order valence-corrected chi connectivity index (χ2v) is 4.06. The van der Waals surface area contributed by atoms with Gasteiger partial charge in [0.25, 0.3) is 0 Å². The van der Waals surface area contributed by atoms with E-state index in [1.807, 2.05) is 45.2 Å². The molecule has 0 heterocycles. The zero-order chi connectivity index (χ0) is 7.72. The van der Waals surface area contributed by atoms with Gasteiger partial charge in [0.05, 0.1) is 7.14 Å². The van der Waals surface area contributed by atoms with Crippen LogP contribution in [0.25, 0.3) is 0 Å². The van der Waals surface area contributed by atoms with Crippen molar-refractivity contribution in [3.63, 3.8) is 0 Å². The molecular weight excluding hydrogens is 358 g/mol. The third-order valence-corrected chi connectivity index (χ3v) is 2.64. The monoisotopic (exact) mass is 361 g/mol. The Kier molecular flexibility index (Phi) is 2.61. The van der Waals surface area contributed by atoms with Gasteiger partial charge in [0, 0.05) is 12.1 Å². The van der Waals surface area contributed by atoms with Gasteiger partial charge in [-0.25, -0.2) is 0 Å². The summed E-state index contributed by atoms with van der Waals surface area (Å²) in [6.07, 6.45) is 0. The lowest BCUT2D eigenvalue weighted by Gasteiger charge is -1.97. The zero-order valence-corrected chi connectivity index (χ0v) is 9.08. The molecular formula is C6H3I2O2. The van der Waals surface area contributed by atoms with E-state index in [2.05, 4.69) is 0 Å². The van der Waals surface area contributed by atoms with Crippen LogP contribution in [0.4, 0.5) is 0 Å². The van der Waals surface area contributed by atoms with Gasteiger partial charge in [-0.15, -0.1) is 0 Å². The fraction of sp³-hybridized carbons (Fsp3) is 0. The molecule has 53 valence electrons. The predicted octanol–water partition coefficient (Wildman–Crippen LogP) is 2.75. The smallest absolute Gasteiger partial charge is 0.181 e. The van der Waals surface area contributed by atoms with E-state index in [4.69, 9.17) is 0 Å². The van der Waals surface area contributed by atoms with E-state index in [0.717, 1.165) is 0 Å². The lowest BCUT2D eigenvalue weighted by atomic mass is 10.3. The van der Waals surface area contributed by atoms with E-state index >= 15 is 0 Å². The van der Waals surface area contributed by atoms with Gasteiger partial charge in [-0.2, -0.15) is 0 Å². The Balaban J connectivity index is 3.31. The first kappa shape index (κ1) is 8.38. The molecule has 0 aromatic heterocycles. The number of benzene rings is 1. The van der Waals surface area contributed by atoms with Gasteiger partial charge in [0.15, 0.2) is 5.75 Å². The molecule has 0 aliphatic carbocycles. The summed E-state index contributed by atoms with van der Waals surface area (Å²) in [5.41, 5.74) is 0. The second kappa shape index (κ2) is 3.12. The van der Waals surface area contributed by atoms with Crippen molar-refractivity contribution in [2.75, 3.05) is 0 Å². The van der Waals surface area contributed by atoms with Gasteiger partial charge in [-0.05, 0) is 45.2 Å². The van der Waals surface area contributed by atoms with Gasteiger partial charge in [-0.3, -0.25) is 5.11 Å². The maximum atomic E-state index is 10.7. The standard InChI is InChI=1S/C6H3I2O2/c7-4-1-3(9)2-5(8)6(4)10/h1-2,10H. The van der Waals surface area contributed by atoms with Crippen LogP contribution in [-0.2, 0) is 5.11 Å². The van der Waals surface area contributed by atoms with Crippen molar-refractivity contribution in [3.05, 3.63) is 19.3 Å². The summed E-state index contributed by atoms with van der Waals surface area (Å²) in [5.74, 6) is 0.132. The maximum absolute atomic E-state index is 10.7. The minimum Gasteiger partial charge on any atom is -0.506 e. The average Bonchev–Trinajstić information content (AvgIpc) is 1.82. The van der Waals surface area contributed by atoms with Crippen molar-refractivity contribution in [2.24, 2.45) is 0 Å². The number of hydrogen-bond acceptors (Lipinski definition) is 1. The van der Waals surface area contributed by atoms with E-state index < -0.39 is 0 Å². The minimum atomic E-state index is -0.0633. The highest BCUT2D eigenvalue weighted by molar-refractivity contribution is 14.1. The molecule has 0 bridgehead atoms. The molecule has 0 amide bonds. The Morgan fingerprint density at radius 3 is 2.00 bits per heavy atom. The Labute approximate surface area is 85.5 Å². The van der Waals surface area contributed by atoms with Crippen LogP contribution in [0.5, 0.6) is 11.5 Å². The summed E-state index contributed by atoms with van der Waals surface area (Å²) in [6.45, 7) is 0. The topological polar surface area (TPSA) is 40.1 Å². The molecule has 0 fully saturated rings. The summed E-state index contributed by atoms with van der Waals surface area (Å²) in [4.78, 5) is 0. The van der Waals surface area contributed by atoms with E-state index in [1.165, 1.54) is 12.1 Å². The maximum Gasteiger partial charge on any atom is 0.181 e. The number of phenols is 1. The SMILES string of the molecule is [O]c1cc(I)c(O)c(I)c1. The first-order chi connectivity index (χ1) is 4.61. The van der Waals surface area contributed by atoms with Crippen LogP contribution in [0.2, 0.25) is 0 Å². The lowest BCUT2D eigenvalue weighted by Crippen LogP contribution is -1.77. The van der Waals surface area contributed by atoms with Gasteiger partial charge >= 0.3 is 0 Å². The Morgan fingerprint density at radius 2 is 1.60 bits per heavy atom. The number of rotatable bonds is 0. The molecule has 0 saturated carbocycles. The normalized spacial score (nSPS) is 9.80. The summed E-state index contributed by atoms with van der Waals surface area (Å²) in [5, 5.41) is 19.9. The Morgan fingerprint density at radius 1 is 1.20 bits per heavy atom. The molecule has 0 spiro atoms. The largest absolute Gasteiger partial charge is 0.506 e. The Hall–Kier alpha value is 0.280. The number of hydrogen-bond donors (Lipinski definition) is 1. The molecule has 10 heavy (non-hydrogen) atoms. The van der Waals surface area contributed by atoms with Gasteiger partial charge in [-0.1, -0.05) is 0 Å². The molecule has 1 N–H and O–H groups in total. The predicted molar refractivity (Wildman–Crippen MR) is 53.7 cm³/mol. The van der Waals surface area contributed by atoms with E-state index in [0.29, 0.717) is 7.14 Å². The van der Waals surface area contributed by atoms with Crippen molar-refractivity contribution >= 4 is 45.2 Å². The van der Waals surface area contributed by atoms with E-state index in [1.54, 1.807) is 0 Å². The molecule has 0 aliphatic rings. The summed E-state index contributed by atoms with van der Waals surface area (Å²) in [7, 11) is 0. The quantitative estimate of drug-likeness (QED) is 0.710. The van der Waals surface area contributed by atoms with Crippen LogP contribution in [0.3, 0.4) is 0 Å². The van der Waals surface area contributed by atoms with Crippen molar-refractivity contribution in [3.8, 4) is 11.5 Å². The van der Waals surface area contributed by atoms with Crippen molar-refractivity contribution in [2.45, 2.75) is 0 Å². The molecule has 0 saturated heterocycles. The summed E-state index contributed by atoms with van der Waals surface area (Å²) < 4.78 is 1.21. The third kappa shape index (κ3) is 1.66. The fourth-order valence-electron chi connectivity index (χ4n) is 0.542. The second-order valence-electron chi connectivity index (χ2n) is 1.74. The molecule has 2 nitrogen and oxygen atoms in total. The Bertz CT molecular complexity index is 237. The van der Waals surface area contributed by atoms with Gasteiger partial charge < -0.3 is 5.11 Å².